The molecular weight excluding hydrogens is 304 g/mol. The van der Waals surface area contributed by atoms with Crippen LogP contribution in [0.3, 0.4) is 0 Å². The van der Waals surface area contributed by atoms with E-state index in [2.05, 4.69) is 13.8 Å². The van der Waals surface area contributed by atoms with Crippen molar-refractivity contribution in [2.45, 2.75) is 64.9 Å². The van der Waals surface area contributed by atoms with Crippen molar-refractivity contribution in [3.05, 3.63) is 0 Å². The molecule has 134 valence electrons. The van der Waals surface area contributed by atoms with Gasteiger partial charge in [0.25, 0.3) is 0 Å². The summed E-state index contributed by atoms with van der Waals surface area (Å²) in [6, 6.07) is 0. The van der Waals surface area contributed by atoms with Crippen LogP contribution in [0, 0.1) is 17.8 Å². The standard InChI is InChI=1S/C16H28O7/c1-10(2)5-4-6-11(3)7-8-12(14(19)20)16(23,15(21)22)9-13(17)18/h10-12,23H,4-9H2,1-3H3,(H,17,18)(H,19,20)(H,21,22). The van der Waals surface area contributed by atoms with Gasteiger partial charge >= 0.3 is 17.9 Å². The van der Waals surface area contributed by atoms with E-state index in [0.29, 0.717) is 12.3 Å². The first-order valence-electron chi connectivity index (χ1n) is 7.91. The maximum absolute atomic E-state index is 11.3. The Kier molecular flexibility index (Phi) is 8.82. The van der Waals surface area contributed by atoms with Crippen molar-refractivity contribution < 1.29 is 34.8 Å². The highest BCUT2D eigenvalue weighted by atomic mass is 16.4. The molecule has 7 heteroatoms. The third-order valence-electron chi connectivity index (χ3n) is 4.09. The van der Waals surface area contributed by atoms with Gasteiger partial charge in [-0.2, -0.15) is 0 Å². The van der Waals surface area contributed by atoms with Crippen LogP contribution in [0.5, 0.6) is 0 Å². The van der Waals surface area contributed by atoms with Crippen molar-refractivity contribution in [2.24, 2.45) is 17.8 Å². The molecule has 0 aliphatic heterocycles. The molecule has 0 aromatic carbocycles. The van der Waals surface area contributed by atoms with Gasteiger partial charge in [-0.1, -0.05) is 40.0 Å². The first-order chi connectivity index (χ1) is 10.5. The maximum atomic E-state index is 11.3. The van der Waals surface area contributed by atoms with Crippen molar-refractivity contribution in [3.63, 3.8) is 0 Å². The molecule has 3 unspecified atom stereocenters. The highest BCUT2D eigenvalue weighted by Crippen LogP contribution is 2.29. The van der Waals surface area contributed by atoms with Crippen LogP contribution in [0.1, 0.15) is 59.3 Å². The predicted molar refractivity (Wildman–Crippen MR) is 83.1 cm³/mol. The van der Waals surface area contributed by atoms with E-state index >= 15 is 0 Å². The van der Waals surface area contributed by atoms with Gasteiger partial charge in [0, 0.05) is 0 Å². The monoisotopic (exact) mass is 332 g/mol. The average Bonchev–Trinajstić information content (AvgIpc) is 2.36. The van der Waals surface area contributed by atoms with Crippen molar-refractivity contribution in [1.29, 1.82) is 0 Å². The minimum Gasteiger partial charge on any atom is -0.481 e. The fourth-order valence-electron chi connectivity index (χ4n) is 2.62. The fraction of sp³-hybridized carbons (Fsp3) is 0.812. The Morgan fingerprint density at radius 3 is 1.87 bits per heavy atom. The molecule has 0 aromatic heterocycles. The molecule has 23 heavy (non-hydrogen) atoms. The van der Waals surface area contributed by atoms with E-state index in [9.17, 15) is 24.6 Å². The Balaban J connectivity index is 4.81. The minimum absolute atomic E-state index is 0.0751. The van der Waals surface area contributed by atoms with Gasteiger partial charge in [-0.15, -0.1) is 0 Å². The molecule has 0 radical (unpaired) electrons. The van der Waals surface area contributed by atoms with Crippen LogP contribution < -0.4 is 0 Å². The van der Waals surface area contributed by atoms with Crippen LogP contribution in [-0.4, -0.2) is 43.9 Å². The molecule has 4 N–H and O–H groups in total. The summed E-state index contributed by atoms with van der Waals surface area (Å²) in [5.74, 6) is -5.75. The van der Waals surface area contributed by atoms with Crippen molar-refractivity contribution in [3.8, 4) is 0 Å². The van der Waals surface area contributed by atoms with Crippen LogP contribution >= 0.6 is 0 Å². The lowest BCUT2D eigenvalue weighted by atomic mass is 9.79. The van der Waals surface area contributed by atoms with Crippen LogP contribution in [0.4, 0.5) is 0 Å². The van der Waals surface area contributed by atoms with E-state index in [0.717, 1.165) is 19.3 Å². The van der Waals surface area contributed by atoms with E-state index in [1.54, 1.807) is 0 Å². The average molecular weight is 332 g/mol. The number of carboxylic acids is 3. The molecule has 0 rings (SSSR count). The third-order valence-corrected chi connectivity index (χ3v) is 4.09. The van der Waals surface area contributed by atoms with Crippen LogP contribution in [0.15, 0.2) is 0 Å². The SMILES string of the molecule is CC(C)CCCC(C)CCC(C(=O)O)C(O)(CC(=O)O)C(=O)O. The second-order valence-corrected chi connectivity index (χ2v) is 6.70. The van der Waals surface area contributed by atoms with Crippen LogP contribution in [0.2, 0.25) is 0 Å². The van der Waals surface area contributed by atoms with E-state index < -0.39 is 35.8 Å². The highest BCUT2D eigenvalue weighted by molar-refractivity contribution is 5.89. The summed E-state index contributed by atoms with van der Waals surface area (Å²) >= 11 is 0. The lowest BCUT2D eigenvalue weighted by Crippen LogP contribution is -2.50. The van der Waals surface area contributed by atoms with Gasteiger partial charge in [-0.3, -0.25) is 9.59 Å². The zero-order valence-corrected chi connectivity index (χ0v) is 14.0. The predicted octanol–water partition coefficient (Wildman–Crippen LogP) is 2.22. The molecule has 0 spiro atoms. The molecule has 3 atom stereocenters. The molecule has 7 nitrogen and oxygen atoms in total. The minimum atomic E-state index is -2.80. The first-order valence-corrected chi connectivity index (χ1v) is 7.91. The van der Waals surface area contributed by atoms with E-state index in [-0.39, 0.29) is 12.3 Å². The second kappa shape index (κ2) is 9.50. The Hall–Kier alpha value is -1.63. The summed E-state index contributed by atoms with van der Waals surface area (Å²) in [7, 11) is 0. The van der Waals surface area contributed by atoms with E-state index in [1.165, 1.54) is 0 Å². The van der Waals surface area contributed by atoms with E-state index in [1.807, 2.05) is 6.92 Å². The fourth-order valence-corrected chi connectivity index (χ4v) is 2.62. The van der Waals surface area contributed by atoms with Gasteiger partial charge in [0.15, 0.2) is 5.60 Å². The van der Waals surface area contributed by atoms with Crippen molar-refractivity contribution >= 4 is 17.9 Å². The Labute approximate surface area is 136 Å². The lowest BCUT2D eigenvalue weighted by Gasteiger charge is -2.29. The molecule has 0 saturated carbocycles. The molecule has 0 aliphatic rings. The summed E-state index contributed by atoms with van der Waals surface area (Å²) in [5.41, 5.74) is -2.80. The lowest BCUT2D eigenvalue weighted by molar-refractivity contribution is -0.179. The van der Waals surface area contributed by atoms with Gasteiger partial charge in [0.2, 0.25) is 0 Å². The number of hydrogen-bond donors (Lipinski definition) is 4. The van der Waals surface area contributed by atoms with Crippen molar-refractivity contribution in [1.82, 2.24) is 0 Å². The van der Waals surface area contributed by atoms with Gasteiger partial charge in [-0.05, 0) is 24.7 Å². The topological polar surface area (TPSA) is 132 Å². The number of hydrogen-bond acceptors (Lipinski definition) is 4. The highest BCUT2D eigenvalue weighted by Gasteiger charge is 2.49. The summed E-state index contributed by atoms with van der Waals surface area (Å²) in [4.78, 5) is 33.3. The number of aliphatic hydroxyl groups is 1. The molecular formula is C16H28O7. The molecule has 0 heterocycles. The summed E-state index contributed by atoms with van der Waals surface area (Å²) in [5, 5.41) is 37.2. The number of aliphatic carboxylic acids is 3. The summed E-state index contributed by atoms with van der Waals surface area (Å²) < 4.78 is 0. The number of rotatable bonds is 12. The zero-order chi connectivity index (χ0) is 18.2. The van der Waals surface area contributed by atoms with Gasteiger partial charge < -0.3 is 20.4 Å². The Bertz CT molecular complexity index is 419. The summed E-state index contributed by atoms with van der Waals surface area (Å²) in [6.45, 7) is 6.17. The molecule has 0 bridgehead atoms. The van der Waals surface area contributed by atoms with E-state index in [4.69, 9.17) is 10.2 Å². The van der Waals surface area contributed by atoms with Gasteiger partial charge in [0.05, 0.1) is 12.3 Å². The smallest absolute Gasteiger partial charge is 0.337 e. The first kappa shape index (κ1) is 21.4. The molecule has 0 saturated heterocycles. The van der Waals surface area contributed by atoms with Crippen LogP contribution in [-0.2, 0) is 14.4 Å². The Morgan fingerprint density at radius 2 is 1.48 bits per heavy atom. The summed E-state index contributed by atoms with van der Waals surface area (Å²) in [6.07, 6.45) is 2.15. The molecule has 0 amide bonds. The molecule has 0 aromatic rings. The van der Waals surface area contributed by atoms with Gasteiger partial charge in [0.1, 0.15) is 0 Å². The normalized spacial score (nSPS) is 16.6. The third kappa shape index (κ3) is 7.45. The second-order valence-electron chi connectivity index (χ2n) is 6.70. The molecule has 0 fully saturated rings. The largest absolute Gasteiger partial charge is 0.481 e. The van der Waals surface area contributed by atoms with Crippen molar-refractivity contribution in [2.75, 3.05) is 0 Å². The quantitative estimate of drug-likeness (QED) is 0.431. The van der Waals surface area contributed by atoms with Gasteiger partial charge in [-0.25, -0.2) is 4.79 Å². The number of carboxylic acid groups (broad SMARTS) is 3. The molecule has 0 aliphatic carbocycles. The van der Waals surface area contributed by atoms with Crippen LogP contribution in [0.25, 0.3) is 0 Å². The Morgan fingerprint density at radius 1 is 0.913 bits per heavy atom. The number of carbonyl (C=O) groups is 3. The zero-order valence-electron chi connectivity index (χ0n) is 14.0. The maximum Gasteiger partial charge on any atom is 0.337 e.